The molecule has 0 aromatic rings. The van der Waals surface area contributed by atoms with Crippen LogP contribution < -0.4 is 5.32 Å². The summed E-state index contributed by atoms with van der Waals surface area (Å²) in [5.74, 6) is -0.512. The van der Waals surface area contributed by atoms with Gasteiger partial charge < -0.3 is 20.6 Å². The van der Waals surface area contributed by atoms with Gasteiger partial charge in [0.15, 0.2) is 0 Å². The molecule has 3 atom stereocenters. The highest BCUT2D eigenvalue weighted by Crippen LogP contribution is 2.15. The number of aliphatic hydroxyl groups is 3. The summed E-state index contributed by atoms with van der Waals surface area (Å²) >= 11 is 0. The molecule has 0 fully saturated rings. The second-order valence-electron chi connectivity index (χ2n) is 14.9. The van der Waals surface area contributed by atoms with E-state index in [1.165, 1.54) is 167 Å². The number of unbranched alkanes of at least 4 members (excludes halogenated alkanes) is 29. The predicted molar refractivity (Wildman–Crippen MR) is 213 cm³/mol. The Hall–Kier alpha value is -1.17. The Kier molecular flexibility index (Phi) is 38.7. The predicted octanol–water partition coefficient (Wildman–Crippen LogP) is 12.2. The Labute approximate surface area is 305 Å². The van der Waals surface area contributed by atoms with E-state index in [1.807, 2.05) is 6.08 Å². The molecule has 0 aliphatic carbocycles. The van der Waals surface area contributed by atoms with E-state index in [0.717, 1.165) is 38.5 Å². The number of rotatable bonds is 39. The van der Waals surface area contributed by atoms with Gasteiger partial charge in [-0.1, -0.05) is 218 Å². The maximum Gasteiger partial charge on any atom is 0.249 e. The van der Waals surface area contributed by atoms with Gasteiger partial charge in [-0.25, -0.2) is 0 Å². The first-order valence-corrected chi connectivity index (χ1v) is 21.7. The SMILES string of the molecule is CCCCCCCCCCCCCCCCCC/C=C/CC/C=C/C(O)C(CO)NC(=O)C(O)CCCCCCCCCCCCCCC. The number of allylic oxidation sites excluding steroid dienone is 3. The average molecular weight is 692 g/mol. The molecule has 5 nitrogen and oxygen atoms in total. The van der Waals surface area contributed by atoms with E-state index >= 15 is 0 Å². The van der Waals surface area contributed by atoms with E-state index < -0.39 is 24.2 Å². The molecule has 0 spiro atoms. The van der Waals surface area contributed by atoms with Crippen molar-refractivity contribution in [2.75, 3.05) is 6.61 Å². The zero-order valence-electron chi connectivity index (χ0n) is 32.8. The molecule has 0 saturated carbocycles. The molecule has 0 heterocycles. The molecule has 0 aliphatic heterocycles. The van der Waals surface area contributed by atoms with Crippen molar-refractivity contribution in [1.82, 2.24) is 5.32 Å². The maximum atomic E-state index is 12.4. The van der Waals surface area contributed by atoms with Crippen LogP contribution in [0.2, 0.25) is 0 Å². The molecular formula is C44H85NO4. The van der Waals surface area contributed by atoms with Gasteiger partial charge in [0, 0.05) is 0 Å². The van der Waals surface area contributed by atoms with Crippen molar-refractivity contribution < 1.29 is 20.1 Å². The quantitative estimate of drug-likeness (QED) is 0.0381. The summed E-state index contributed by atoms with van der Waals surface area (Å²) in [5, 5.41) is 33.1. The van der Waals surface area contributed by atoms with Gasteiger partial charge in [0.1, 0.15) is 6.10 Å². The first-order chi connectivity index (χ1) is 24.1. The van der Waals surface area contributed by atoms with Crippen molar-refractivity contribution in [3.8, 4) is 0 Å². The molecule has 0 radical (unpaired) electrons. The van der Waals surface area contributed by atoms with Crippen molar-refractivity contribution in [3.63, 3.8) is 0 Å². The van der Waals surface area contributed by atoms with Crippen LogP contribution in [0.25, 0.3) is 0 Å². The number of carbonyl (C=O) groups excluding carboxylic acids is 1. The zero-order chi connectivity index (χ0) is 35.9. The fourth-order valence-electron chi connectivity index (χ4n) is 6.61. The molecule has 0 saturated heterocycles. The van der Waals surface area contributed by atoms with Gasteiger partial charge >= 0.3 is 0 Å². The lowest BCUT2D eigenvalue weighted by molar-refractivity contribution is -0.131. The third-order valence-electron chi connectivity index (χ3n) is 10.0. The Bertz CT molecular complexity index is 724. The number of carbonyl (C=O) groups is 1. The molecule has 1 amide bonds. The van der Waals surface area contributed by atoms with Gasteiger partial charge in [-0.3, -0.25) is 4.79 Å². The third-order valence-corrected chi connectivity index (χ3v) is 10.0. The molecule has 0 rings (SSSR count). The van der Waals surface area contributed by atoms with Crippen LogP contribution in [0.4, 0.5) is 0 Å². The standard InChI is InChI=1S/C44H85NO4/c1-3-5-7-9-11-13-15-17-18-19-20-21-22-23-24-25-27-28-30-32-34-36-38-42(47)41(40-46)45-44(49)43(48)39-37-35-33-31-29-26-16-14-12-10-8-6-4-2/h28,30,36,38,41-43,46-48H,3-27,29,31-35,37,39-40H2,1-2H3,(H,45,49)/b30-28+,38-36+. The normalized spacial score (nSPS) is 13.8. The summed E-state index contributed by atoms with van der Waals surface area (Å²) in [5.41, 5.74) is 0. The molecule has 4 N–H and O–H groups in total. The van der Waals surface area contributed by atoms with E-state index in [9.17, 15) is 20.1 Å². The summed E-state index contributed by atoms with van der Waals surface area (Å²) < 4.78 is 0. The molecule has 3 unspecified atom stereocenters. The molecule has 0 aliphatic rings. The number of amides is 1. The third kappa shape index (κ3) is 35.0. The van der Waals surface area contributed by atoms with Gasteiger partial charge in [0.2, 0.25) is 5.91 Å². The molecular weight excluding hydrogens is 606 g/mol. The van der Waals surface area contributed by atoms with Crippen LogP contribution in [-0.2, 0) is 4.79 Å². The fourth-order valence-corrected chi connectivity index (χ4v) is 6.61. The summed E-state index contributed by atoms with van der Waals surface area (Å²) in [7, 11) is 0. The average Bonchev–Trinajstić information content (AvgIpc) is 3.11. The highest BCUT2D eigenvalue weighted by atomic mass is 16.3. The number of aliphatic hydroxyl groups excluding tert-OH is 3. The Morgan fingerprint density at radius 1 is 0.490 bits per heavy atom. The largest absolute Gasteiger partial charge is 0.394 e. The minimum absolute atomic E-state index is 0.373. The van der Waals surface area contributed by atoms with Crippen molar-refractivity contribution in [3.05, 3.63) is 24.3 Å². The van der Waals surface area contributed by atoms with Gasteiger partial charge in [0.05, 0.1) is 18.8 Å². The summed E-state index contributed by atoms with van der Waals surface area (Å²) in [6, 6.07) is -0.810. The zero-order valence-corrected chi connectivity index (χ0v) is 32.8. The van der Waals surface area contributed by atoms with Crippen molar-refractivity contribution >= 4 is 5.91 Å². The van der Waals surface area contributed by atoms with Crippen LogP contribution in [-0.4, -0.2) is 46.1 Å². The van der Waals surface area contributed by atoms with E-state index in [2.05, 4.69) is 31.3 Å². The summed E-state index contributed by atoms with van der Waals surface area (Å²) in [6.45, 7) is 4.17. The summed E-state index contributed by atoms with van der Waals surface area (Å²) in [6.07, 6.45) is 47.8. The lowest BCUT2D eigenvalue weighted by atomic mass is 10.0. The Morgan fingerprint density at radius 2 is 0.837 bits per heavy atom. The second-order valence-corrected chi connectivity index (χ2v) is 14.9. The lowest BCUT2D eigenvalue weighted by Crippen LogP contribution is -2.48. The fraction of sp³-hybridized carbons (Fsp3) is 0.886. The molecule has 5 heteroatoms. The highest BCUT2D eigenvalue weighted by Gasteiger charge is 2.22. The minimum atomic E-state index is -1.10. The minimum Gasteiger partial charge on any atom is -0.394 e. The van der Waals surface area contributed by atoms with Crippen LogP contribution in [0.5, 0.6) is 0 Å². The van der Waals surface area contributed by atoms with Crippen LogP contribution in [0.1, 0.15) is 226 Å². The summed E-state index contributed by atoms with van der Waals surface area (Å²) in [4.78, 5) is 12.4. The number of hydrogen-bond acceptors (Lipinski definition) is 4. The van der Waals surface area contributed by atoms with Crippen LogP contribution in [0, 0.1) is 0 Å². The molecule has 0 bridgehead atoms. The van der Waals surface area contributed by atoms with Gasteiger partial charge in [-0.05, 0) is 32.1 Å². The number of nitrogens with one attached hydrogen (secondary N) is 1. The van der Waals surface area contributed by atoms with E-state index in [0.29, 0.717) is 6.42 Å². The monoisotopic (exact) mass is 692 g/mol. The van der Waals surface area contributed by atoms with Gasteiger partial charge in [0.25, 0.3) is 0 Å². The highest BCUT2D eigenvalue weighted by molar-refractivity contribution is 5.80. The smallest absolute Gasteiger partial charge is 0.249 e. The van der Waals surface area contributed by atoms with Crippen molar-refractivity contribution in [2.24, 2.45) is 0 Å². The second kappa shape index (κ2) is 39.6. The van der Waals surface area contributed by atoms with Crippen molar-refractivity contribution in [2.45, 2.75) is 244 Å². The van der Waals surface area contributed by atoms with Crippen LogP contribution in [0.15, 0.2) is 24.3 Å². The van der Waals surface area contributed by atoms with E-state index in [1.54, 1.807) is 6.08 Å². The van der Waals surface area contributed by atoms with Gasteiger partial charge in [-0.15, -0.1) is 0 Å². The molecule has 290 valence electrons. The first kappa shape index (κ1) is 47.8. The first-order valence-electron chi connectivity index (χ1n) is 21.7. The van der Waals surface area contributed by atoms with E-state index in [-0.39, 0.29) is 6.61 Å². The van der Waals surface area contributed by atoms with E-state index in [4.69, 9.17) is 0 Å². The number of hydrogen-bond donors (Lipinski definition) is 4. The maximum absolute atomic E-state index is 12.4. The lowest BCUT2D eigenvalue weighted by Gasteiger charge is -2.21. The molecule has 0 aromatic heterocycles. The Morgan fingerprint density at radius 3 is 1.24 bits per heavy atom. The van der Waals surface area contributed by atoms with Gasteiger partial charge in [-0.2, -0.15) is 0 Å². The molecule has 49 heavy (non-hydrogen) atoms. The van der Waals surface area contributed by atoms with Crippen molar-refractivity contribution in [1.29, 1.82) is 0 Å². The Balaban J connectivity index is 3.69. The van der Waals surface area contributed by atoms with Crippen LogP contribution in [0.3, 0.4) is 0 Å². The topological polar surface area (TPSA) is 89.8 Å². The van der Waals surface area contributed by atoms with Crippen LogP contribution >= 0.6 is 0 Å². The molecule has 0 aromatic carbocycles.